The number of likely N-dealkylation sites (tertiary alicyclic amines) is 1. The summed E-state index contributed by atoms with van der Waals surface area (Å²) >= 11 is 6.01. The lowest BCUT2D eigenvalue weighted by atomic mass is 9.93. The quantitative estimate of drug-likeness (QED) is 0.356. The van der Waals surface area contributed by atoms with Crippen LogP contribution >= 0.6 is 35.6 Å². The molecule has 142 valence electrons. The van der Waals surface area contributed by atoms with E-state index in [1.54, 1.807) is 0 Å². The van der Waals surface area contributed by atoms with E-state index in [4.69, 9.17) is 11.6 Å². The normalized spacial score (nSPS) is 16.4. The molecule has 1 aromatic carbocycles. The topological polar surface area (TPSA) is 39.7 Å². The second-order valence-corrected chi connectivity index (χ2v) is 6.91. The third kappa shape index (κ3) is 8.60. The number of aliphatic imine (C=N–C) groups is 1. The molecule has 1 fully saturated rings. The number of halogens is 2. The van der Waals surface area contributed by atoms with Gasteiger partial charge < -0.3 is 15.5 Å². The van der Waals surface area contributed by atoms with Crippen molar-refractivity contribution in [2.75, 3.05) is 39.8 Å². The number of hydrogen-bond donors (Lipinski definition) is 2. The van der Waals surface area contributed by atoms with E-state index in [9.17, 15) is 0 Å². The third-order valence-electron chi connectivity index (χ3n) is 4.82. The summed E-state index contributed by atoms with van der Waals surface area (Å²) in [7, 11) is 1.83. The summed E-state index contributed by atoms with van der Waals surface area (Å²) in [6.45, 7) is 7.80. The zero-order valence-electron chi connectivity index (χ0n) is 15.4. The molecule has 0 aliphatic carbocycles. The van der Waals surface area contributed by atoms with Crippen LogP contribution in [0.15, 0.2) is 29.3 Å². The monoisotopic (exact) mass is 478 g/mol. The van der Waals surface area contributed by atoms with E-state index in [-0.39, 0.29) is 24.0 Å². The van der Waals surface area contributed by atoms with Crippen molar-refractivity contribution in [1.29, 1.82) is 0 Å². The Balaban J connectivity index is 0.00000312. The van der Waals surface area contributed by atoms with Gasteiger partial charge in [0.05, 0.1) is 0 Å². The van der Waals surface area contributed by atoms with E-state index < -0.39 is 0 Å². The molecule has 0 aromatic heterocycles. The summed E-state index contributed by atoms with van der Waals surface area (Å²) in [6.07, 6.45) is 4.83. The summed E-state index contributed by atoms with van der Waals surface area (Å²) < 4.78 is 0. The van der Waals surface area contributed by atoms with Crippen LogP contribution in [0, 0.1) is 5.92 Å². The molecular weight excluding hydrogens is 447 g/mol. The number of nitrogens with zero attached hydrogens (tertiary/aromatic N) is 2. The minimum Gasteiger partial charge on any atom is -0.356 e. The molecule has 1 aliphatic heterocycles. The predicted molar refractivity (Wildman–Crippen MR) is 119 cm³/mol. The average Bonchev–Trinajstić information content (AvgIpc) is 2.61. The van der Waals surface area contributed by atoms with E-state index in [1.807, 2.05) is 25.2 Å². The molecule has 6 heteroatoms. The summed E-state index contributed by atoms with van der Waals surface area (Å²) in [5, 5.41) is 7.61. The Morgan fingerprint density at radius 1 is 1.24 bits per heavy atom. The highest BCUT2D eigenvalue weighted by Gasteiger charge is 2.17. The molecule has 1 aliphatic rings. The van der Waals surface area contributed by atoms with Crippen LogP contribution in [-0.4, -0.2) is 50.6 Å². The number of hydrogen-bond acceptors (Lipinski definition) is 2. The third-order valence-corrected chi connectivity index (χ3v) is 5.05. The van der Waals surface area contributed by atoms with Gasteiger partial charge in [-0.2, -0.15) is 0 Å². The van der Waals surface area contributed by atoms with Gasteiger partial charge in [-0.1, -0.05) is 30.7 Å². The Morgan fingerprint density at radius 3 is 2.60 bits per heavy atom. The van der Waals surface area contributed by atoms with Gasteiger partial charge in [-0.05, 0) is 68.9 Å². The number of nitrogens with one attached hydrogen (secondary N) is 2. The highest BCUT2D eigenvalue weighted by molar-refractivity contribution is 14.0. The molecule has 0 radical (unpaired) electrons. The van der Waals surface area contributed by atoms with E-state index in [0.29, 0.717) is 0 Å². The minimum atomic E-state index is 0. The van der Waals surface area contributed by atoms with Crippen molar-refractivity contribution in [2.24, 2.45) is 10.9 Å². The van der Waals surface area contributed by atoms with Crippen molar-refractivity contribution >= 4 is 41.5 Å². The number of rotatable bonds is 7. The van der Waals surface area contributed by atoms with Crippen LogP contribution in [-0.2, 0) is 6.42 Å². The zero-order chi connectivity index (χ0) is 17.2. The molecular formula is C19H32ClIN4. The zero-order valence-corrected chi connectivity index (χ0v) is 18.5. The smallest absolute Gasteiger partial charge is 0.190 e. The lowest BCUT2D eigenvalue weighted by molar-refractivity contribution is 0.187. The standard InChI is InChI=1S/C19H31ClN4.HI/c1-3-24-13-9-16(10-14-24)7-11-22-19(21-2)23-12-8-17-5-4-6-18(20)15-17;/h4-6,15-16H,3,7-14H2,1-2H3,(H2,21,22,23);1H. The van der Waals surface area contributed by atoms with Crippen molar-refractivity contribution < 1.29 is 0 Å². The van der Waals surface area contributed by atoms with Crippen LogP contribution < -0.4 is 10.6 Å². The second-order valence-electron chi connectivity index (χ2n) is 6.47. The van der Waals surface area contributed by atoms with Crippen LogP contribution in [0.3, 0.4) is 0 Å². The van der Waals surface area contributed by atoms with Gasteiger partial charge in [-0.3, -0.25) is 4.99 Å². The van der Waals surface area contributed by atoms with Gasteiger partial charge in [-0.15, -0.1) is 24.0 Å². The molecule has 0 saturated carbocycles. The number of guanidine groups is 1. The maximum Gasteiger partial charge on any atom is 0.190 e. The van der Waals surface area contributed by atoms with Crippen LogP contribution in [0.5, 0.6) is 0 Å². The van der Waals surface area contributed by atoms with E-state index in [1.165, 1.54) is 44.5 Å². The van der Waals surface area contributed by atoms with Crippen molar-refractivity contribution in [3.8, 4) is 0 Å². The summed E-state index contributed by atoms with van der Waals surface area (Å²) in [6, 6.07) is 8.02. The average molecular weight is 479 g/mol. The van der Waals surface area contributed by atoms with Gasteiger partial charge in [0.2, 0.25) is 0 Å². The highest BCUT2D eigenvalue weighted by Crippen LogP contribution is 2.19. The SMILES string of the molecule is CCN1CCC(CCNC(=NC)NCCc2cccc(Cl)c2)CC1.I. The van der Waals surface area contributed by atoms with Crippen molar-refractivity contribution in [2.45, 2.75) is 32.6 Å². The number of benzene rings is 1. The fraction of sp³-hybridized carbons (Fsp3) is 0.632. The van der Waals surface area contributed by atoms with Gasteiger partial charge in [0.25, 0.3) is 0 Å². The molecule has 0 amide bonds. The maximum atomic E-state index is 6.01. The first kappa shape index (κ1) is 22.5. The highest BCUT2D eigenvalue weighted by atomic mass is 127. The van der Waals surface area contributed by atoms with Crippen molar-refractivity contribution in [1.82, 2.24) is 15.5 Å². The summed E-state index contributed by atoms with van der Waals surface area (Å²) in [5.41, 5.74) is 1.24. The van der Waals surface area contributed by atoms with Gasteiger partial charge in [0.15, 0.2) is 5.96 Å². The largest absolute Gasteiger partial charge is 0.356 e. The van der Waals surface area contributed by atoms with E-state index >= 15 is 0 Å². The maximum absolute atomic E-state index is 6.01. The molecule has 1 heterocycles. The minimum absolute atomic E-state index is 0. The van der Waals surface area contributed by atoms with E-state index in [2.05, 4.69) is 33.5 Å². The molecule has 25 heavy (non-hydrogen) atoms. The first-order chi connectivity index (χ1) is 11.7. The molecule has 1 saturated heterocycles. The molecule has 4 nitrogen and oxygen atoms in total. The molecule has 0 spiro atoms. The van der Waals surface area contributed by atoms with Crippen LogP contribution in [0.4, 0.5) is 0 Å². The van der Waals surface area contributed by atoms with Crippen molar-refractivity contribution in [3.63, 3.8) is 0 Å². The lowest BCUT2D eigenvalue weighted by Gasteiger charge is -2.31. The molecule has 1 aromatic rings. The Bertz CT molecular complexity index is 516. The molecule has 0 bridgehead atoms. The molecule has 0 atom stereocenters. The van der Waals surface area contributed by atoms with Crippen molar-refractivity contribution in [3.05, 3.63) is 34.9 Å². The van der Waals surface area contributed by atoms with E-state index in [0.717, 1.165) is 36.4 Å². The fourth-order valence-electron chi connectivity index (χ4n) is 3.22. The van der Waals surface area contributed by atoms with Crippen LogP contribution in [0.2, 0.25) is 5.02 Å². The lowest BCUT2D eigenvalue weighted by Crippen LogP contribution is -2.40. The Hall–Kier alpha value is -0.530. The molecule has 2 N–H and O–H groups in total. The van der Waals surface area contributed by atoms with Gasteiger partial charge in [0.1, 0.15) is 0 Å². The van der Waals surface area contributed by atoms with Gasteiger partial charge >= 0.3 is 0 Å². The summed E-state index contributed by atoms with van der Waals surface area (Å²) in [5.74, 6) is 1.74. The Kier molecular flexibility index (Phi) is 11.5. The van der Waals surface area contributed by atoms with Gasteiger partial charge in [-0.25, -0.2) is 0 Å². The number of piperidine rings is 1. The second kappa shape index (κ2) is 12.8. The van der Waals surface area contributed by atoms with Crippen LogP contribution in [0.1, 0.15) is 31.7 Å². The van der Waals surface area contributed by atoms with Gasteiger partial charge in [0, 0.05) is 25.2 Å². The van der Waals surface area contributed by atoms with Crippen LogP contribution in [0.25, 0.3) is 0 Å². The molecule has 0 unspecified atom stereocenters. The molecule has 2 rings (SSSR count). The summed E-state index contributed by atoms with van der Waals surface area (Å²) in [4.78, 5) is 6.85. The predicted octanol–water partition coefficient (Wildman–Crippen LogP) is 3.79. The first-order valence-corrected chi connectivity index (χ1v) is 9.50. The first-order valence-electron chi connectivity index (χ1n) is 9.12. The Labute approximate surface area is 174 Å². The fourth-order valence-corrected chi connectivity index (χ4v) is 3.44. The Morgan fingerprint density at radius 2 is 1.96 bits per heavy atom.